The van der Waals surface area contributed by atoms with Gasteiger partial charge in [-0.2, -0.15) is 0 Å². The van der Waals surface area contributed by atoms with Crippen molar-refractivity contribution in [3.05, 3.63) is 23.8 Å². The van der Waals surface area contributed by atoms with Crippen molar-refractivity contribution >= 4 is 12.3 Å². The Balaban J connectivity index is 2.10. The molecule has 1 N–H and O–H groups in total. The van der Waals surface area contributed by atoms with E-state index in [2.05, 4.69) is 6.92 Å². The molecule has 23 heavy (non-hydrogen) atoms. The summed E-state index contributed by atoms with van der Waals surface area (Å²) in [6.07, 6.45) is 11.7. The van der Waals surface area contributed by atoms with Crippen LogP contribution in [0.15, 0.2) is 18.2 Å². The van der Waals surface area contributed by atoms with Crippen LogP contribution in [0.2, 0.25) is 0 Å². The molecule has 0 aliphatic carbocycles. The molecule has 0 aromatic heterocycles. The fourth-order valence-corrected chi connectivity index (χ4v) is 2.45. The molecule has 0 unspecified atom stereocenters. The zero-order valence-electron chi connectivity index (χ0n) is 14.1. The van der Waals surface area contributed by atoms with E-state index in [1.165, 1.54) is 56.7 Å². The summed E-state index contributed by atoms with van der Waals surface area (Å²) in [6, 6.07) is 4.24. The molecular weight excluding hydrogens is 292 g/mol. The molecule has 128 valence electrons. The molecule has 1 aromatic rings. The second-order valence-corrected chi connectivity index (χ2v) is 5.89. The van der Waals surface area contributed by atoms with Gasteiger partial charge in [0, 0.05) is 12.5 Å². The number of carbonyl (C=O) groups excluding carboxylic acids is 2. The summed E-state index contributed by atoms with van der Waals surface area (Å²) in [5.74, 6) is -0.200. The van der Waals surface area contributed by atoms with Crippen LogP contribution < -0.4 is 4.74 Å². The lowest BCUT2D eigenvalue weighted by molar-refractivity contribution is -0.134. The van der Waals surface area contributed by atoms with Crippen molar-refractivity contribution in [1.29, 1.82) is 0 Å². The van der Waals surface area contributed by atoms with Crippen LogP contribution in [0, 0.1) is 0 Å². The number of aldehydes is 1. The van der Waals surface area contributed by atoms with Crippen LogP contribution in [0.5, 0.6) is 11.5 Å². The number of aromatic hydroxyl groups is 1. The van der Waals surface area contributed by atoms with Crippen molar-refractivity contribution in [2.24, 2.45) is 0 Å². The average molecular weight is 320 g/mol. The summed E-state index contributed by atoms with van der Waals surface area (Å²) in [7, 11) is 0. The zero-order valence-corrected chi connectivity index (χ0v) is 14.1. The highest BCUT2D eigenvalue weighted by molar-refractivity contribution is 5.80. The highest BCUT2D eigenvalue weighted by Gasteiger charge is 2.07. The Morgan fingerprint density at radius 3 is 2.22 bits per heavy atom. The molecule has 0 saturated carbocycles. The Hall–Kier alpha value is -1.84. The predicted molar refractivity (Wildman–Crippen MR) is 91.0 cm³/mol. The van der Waals surface area contributed by atoms with Crippen LogP contribution in [0.4, 0.5) is 0 Å². The molecule has 0 heterocycles. The molecule has 0 fully saturated rings. The van der Waals surface area contributed by atoms with Gasteiger partial charge in [0.25, 0.3) is 0 Å². The third-order valence-corrected chi connectivity index (χ3v) is 3.85. The summed E-state index contributed by atoms with van der Waals surface area (Å²) in [6.45, 7) is 2.22. The van der Waals surface area contributed by atoms with Crippen LogP contribution in [0.25, 0.3) is 0 Å². The average Bonchev–Trinajstić information content (AvgIpc) is 2.53. The molecule has 1 rings (SSSR count). The lowest BCUT2D eigenvalue weighted by Gasteiger charge is -2.06. The molecule has 0 amide bonds. The molecule has 0 aliphatic rings. The minimum Gasteiger partial charge on any atom is -0.507 e. The Bertz CT molecular complexity index is 482. The summed E-state index contributed by atoms with van der Waals surface area (Å²) in [5.41, 5.74) is 0.184. The number of carbonyl (C=O) groups is 2. The van der Waals surface area contributed by atoms with Crippen LogP contribution in [-0.2, 0) is 4.79 Å². The SMILES string of the molecule is CCCCCCCCCCCC(=O)Oc1ccc(C=O)c(O)c1. The second kappa shape index (κ2) is 11.7. The Kier molecular flexibility index (Phi) is 9.76. The summed E-state index contributed by atoms with van der Waals surface area (Å²) in [5, 5.41) is 9.53. The number of phenolic OH excluding ortho intramolecular Hbond substituents is 1. The first kappa shape index (κ1) is 19.2. The highest BCUT2D eigenvalue weighted by Crippen LogP contribution is 2.22. The fraction of sp³-hybridized carbons (Fsp3) is 0.579. The van der Waals surface area contributed by atoms with E-state index in [0.29, 0.717) is 12.7 Å². The summed E-state index contributed by atoms with van der Waals surface area (Å²) < 4.78 is 5.15. The molecule has 4 nitrogen and oxygen atoms in total. The Labute approximate surface area is 138 Å². The van der Waals surface area contributed by atoms with Crippen molar-refractivity contribution in [3.8, 4) is 11.5 Å². The van der Waals surface area contributed by atoms with Gasteiger partial charge in [0.2, 0.25) is 0 Å². The van der Waals surface area contributed by atoms with Crippen LogP contribution in [0.3, 0.4) is 0 Å². The predicted octanol–water partition coefficient (Wildman–Crippen LogP) is 5.03. The quantitative estimate of drug-likeness (QED) is 0.254. The number of ether oxygens (including phenoxy) is 1. The van der Waals surface area contributed by atoms with E-state index in [9.17, 15) is 14.7 Å². The normalized spacial score (nSPS) is 10.5. The fourth-order valence-electron chi connectivity index (χ4n) is 2.45. The molecular formula is C19H28O4. The molecule has 0 spiro atoms. The van der Waals surface area contributed by atoms with Crippen molar-refractivity contribution in [2.45, 2.75) is 71.1 Å². The highest BCUT2D eigenvalue weighted by atomic mass is 16.5. The van der Waals surface area contributed by atoms with E-state index in [-0.39, 0.29) is 23.0 Å². The second-order valence-electron chi connectivity index (χ2n) is 5.89. The van der Waals surface area contributed by atoms with Gasteiger partial charge in [-0.05, 0) is 18.6 Å². The first-order valence-corrected chi connectivity index (χ1v) is 8.66. The Morgan fingerprint density at radius 1 is 1.04 bits per heavy atom. The van der Waals surface area contributed by atoms with E-state index < -0.39 is 0 Å². The van der Waals surface area contributed by atoms with Gasteiger partial charge in [-0.3, -0.25) is 9.59 Å². The molecule has 4 heteroatoms. The maximum absolute atomic E-state index is 11.7. The smallest absolute Gasteiger partial charge is 0.311 e. The number of esters is 1. The van der Waals surface area contributed by atoms with Gasteiger partial charge in [-0.15, -0.1) is 0 Å². The van der Waals surface area contributed by atoms with Crippen molar-refractivity contribution < 1.29 is 19.4 Å². The monoisotopic (exact) mass is 320 g/mol. The topological polar surface area (TPSA) is 63.6 Å². The third-order valence-electron chi connectivity index (χ3n) is 3.85. The first-order valence-electron chi connectivity index (χ1n) is 8.66. The van der Waals surface area contributed by atoms with E-state index in [0.717, 1.165) is 19.3 Å². The number of unbranched alkanes of at least 4 members (excludes halogenated alkanes) is 8. The molecule has 0 saturated heterocycles. The lowest BCUT2D eigenvalue weighted by Crippen LogP contribution is -2.07. The van der Waals surface area contributed by atoms with Crippen LogP contribution >= 0.6 is 0 Å². The van der Waals surface area contributed by atoms with Crippen molar-refractivity contribution in [3.63, 3.8) is 0 Å². The maximum Gasteiger partial charge on any atom is 0.311 e. The number of hydrogen-bond acceptors (Lipinski definition) is 4. The summed E-state index contributed by atoms with van der Waals surface area (Å²) in [4.78, 5) is 22.3. The van der Waals surface area contributed by atoms with E-state index >= 15 is 0 Å². The van der Waals surface area contributed by atoms with Gasteiger partial charge in [-0.1, -0.05) is 58.3 Å². The van der Waals surface area contributed by atoms with E-state index in [4.69, 9.17) is 4.74 Å². The van der Waals surface area contributed by atoms with Crippen LogP contribution in [-0.4, -0.2) is 17.4 Å². The molecule has 0 aliphatic heterocycles. The van der Waals surface area contributed by atoms with E-state index in [1.54, 1.807) is 0 Å². The molecule has 0 bridgehead atoms. The zero-order chi connectivity index (χ0) is 16.9. The number of benzene rings is 1. The minimum atomic E-state index is -0.300. The standard InChI is InChI=1S/C19H28O4/c1-2-3-4-5-6-7-8-9-10-11-19(22)23-17-13-12-16(15-20)18(21)14-17/h12-15,21H,2-11H2,1H3. The molecule has 1 aromatic carbocycles. The number of hydrogen-bond donors (Lipinski definition) is 1. The van der Waals surface area contributed by atoms with Crippen molar-refractivity contribution in [2.75, 3.05) is 0 Å². The Morgan fingerprint density at radius 2 is 1.65 bits per heavy atom. The number of phenols is 1. The van der Waals surface area contributed by atoms with E-state index in [1.807, 2.05) is 0 Å². The van der Waals surface area contributed by atoms with Gasteiger partial charge in [0.1, 0.15) is 11.5 Å². The van der Waals surface area contributed by atoms with Gasteiger partial charge in [0.05, 0.1) is 5.56 Å². The minimum absolute atomic E-state index is 0.173. The molecule has 0 radical (unpaired) electrons. The lowest BCUT2D eigenvalue weighted by atomic mass is 10.1. The maximum atomic E-state index is 11.7. The largest absolute Gasteiger partial charge is 0.507 e. The molecule has 0 atom stereocenters. The van der Waals surface area contributed by atoms with Crippen molar-refractivity contribution in [1.82, 2.24) is 0 Å². The number of rotatable bonds is 12. The van der Waals surface area contributed by atoms with Gasteiger partial charge < -0.3 is 9.84 Å². The van der Waals surface area contributed by atoms with Gasteiger partial charge in [0.15, 0.2) is 6.29 Å². The van der Waals surface area contributed by atoms with Crippen LogP contribution in [0.1, 0.15) is 81.5 Å². The van der Waals surface area contributed by atoms with Gasteiger partial charge in [-0.25, -0.2) is 0 Å². The first-order chi connectivity index (χ1) is 11.2. The van der Waals surface area contributed by atoms with Gasteiger partial charge >= 0.3 is 5.97 Å². The summed E-state index contributed by atoms with van der Waals surface area (Å²) >= 11 is 0. The third kappa shape index (κ3) is 8.38.